The van der Waals surface area contributed by atoms with Gasteiger partial charge in [0.1, 0.15) is 5.69 Å². The lowest BCUT2D eigenvalue weighted by atomic mass is 10.2. The summed E-state index contributed by atoms with van der Waals surface area (Å²) >= 11 is 0. The number of hydrogen-bond donors (Lipinski definition) is 4. The standard InChI is InChI=1S/C11H18NO5P/c1-12(2,6-3-7-18(15,16)17)9-4-5-10(13)11(14)8-9/h4-5,8H,3,6-7H2,1-2H3,(H3-,13,14,15,16,17)/p+1. The molecule has 7 heteroatoms. The number of hydrogen-bond acceptors (Lipinski definition) is 3. The van der Waals surface area contributed by atoms with Crippen LogP contribution in [0.1, 0.15) is 6.42 Å². The number of phenolic OH excluding ortho intramolecular Hbond substituents is 2. The van der Waals surface area contributed by atoms with Crippen molar-refractivity contribution in [3.05, 3.63) is 18.2 Å². The van der Waals surface area contributed by atoms with E-state index in [9.17, 15) is 14.8 Å². The van der Waals surface area contributed by atoms with Gasteiger partial charge < -0.3 is 20.0 Å². The molecule has 0 saturated heterocycles. The van der Waals surface area contributed by atoms with E-state index >= 15 is 0 Å². The second-order valence-electron chi connectivity index (χ2n) is 4.82. The molecule has 1 aromatic rings. The minimum Gasteiger partial charge on any atom is -0.504 e. The van der Waals surface area contributed by atoms with Crippen LogP contribution in [0.15, 0.2) is 18.2 Å². The van der Waals surface area contributed by atoms with Gasteiger partial charge in [0.15, 0.2) is 11.5 Å². The van der Waals surface area contributed by atoms with E-state index in [1.54, 1.807) is 6.07 Å². The maximum absolute atomic E-state index is 10.8. The molecule has 1 aromatic carbocycles. The molecule has 1 rings (SSSR count). The first-order valence-electron chi connectivity index (χ1n) is 5.52. The molecule has 0 atom stereocenters. The summed E-state index contributed by atoms with van der Waals surface area (Å²) in [5.74, 6) is -0.386. The van der Waals surface area contributed by atoms with Crippen LogP contribution in [-0.4, -0.2) is 46.8 Å². The normalized spacial score (nSPS) is 12.7. The average molecular weight is 276 g/mol. The van der Waals surface area contributed by atoms with Crippen LogP contribution in [0.4, 0.5) is 5.69 Å². The molecule has 0 heterocycles. The molecule has 102 valence electrons. The topological polar surface area (TPSA) is 98.0 Å². The molecule has 0 saturated carbocycles. The van der Waals surface area contributed by atoms with Crippen molar-refractivity contribution >= 4 is 13.3 Å². The Morgan fingerprint density at radius 3 is 2.28 bits per heavy atom. The molecule has 4 N–H and O–H groups in total. The number of quaternary nitrogens is 1. The fourth-order valence-corrected chi connectivity index (χ4v) is 2.24. The first-order valence-corrected chi connectivity index (χ1v) is 7.32. The van der Waals surface area contributed by atoms with Crippen LogP contribution >= 0.6 is 7.60 Å². The molecule has 0 aliphatic rings. The molecule has 6 nitrogen and oxygen atoms in total. The lowest BCUT2D eigenvalue weighted by Gasteiger charge is -2.29. The van der Waals surface area contributed by atoms with Crippen molar-refractivity contribution in [2.45, 2.75) is 6.42 Å². The summed E-state index contributed by atoms with van der Waals surface area (Å²) in [5, 5.41) is 18.7. The molecule has 0 unspecified atom stereocenters. The van der Waals surface area contributed by atoms with Crippen LogP contribution in [0, 0.1) is 0 Å². The molecular weight excluding hydrogens is 257 g/mol. The lowest BCUT2D eigenvalue weighted by Crippen LogP contribution is -2.41. The maximum atomic E-state index is 10.8. The Morgan fingerprint density at radius 1 is 1.17 bits per heavy atom. The Balaban J connectivity index is 2.73. The van der Waals surface area contributed by atoms with Crippen molar-refractivity contribution in [1.29, 1.82) is 0 Å². The van der Waals surface area contributed by atoms with Crippen molar-refractivity contribution in [3.8, 4) is 11.5 Å². The zero-order valence-corrected chi connectivity index (χ0v) is 11.3. The largest absolute Gasteiger partial charge is 0.504 e. The summed E-state index contributed by atoms with van der Waals surface area (Å²) in [6.07, 6.45) is 0.220. The highest BCUT2D eigenvalue weighted by Gasteiger charge is 2.22. The molecular formula is C11H19NO5P+. The molecule has 0 fully saturated rings. The highest BCUT2D eigenvalue weighted by Crippen LogP contribution is 2.36. The minimum absolute atomic E-state index is 0.154. The minimum atomic E-state index is -3.96. The van der Waals surface area contributed by atoms with Crippen LogP contribution < -0.4 is 4.48 Å². The zero-order valence-electron chi connectivity index (χ0n) is 10.4. The number of rotatable bonds is 5. The fourth-order valence-electron chi connectivity index (χ4n) is 1.69. The van der Waals surface area contributed by atoms with Crippen molar-refractivity contribution in [2.24, 2.45) is 0 Å². The Labute approximate surface area is 106 Å². The van der Waals surface area contributed by atoms with Gasteiger partial charge in [-0.15, -0.1) is 0 Å². The second-order valence-corrected chi connectivity index (χ2v) is 6.60. The van der Waals surface area contributed by atoms with Crippen LogP contribution in [0.3, 0.4) is 0 Å². The van der Waals surface area contributed by atoms with Crippen LogP contribution in [0.25, 0.3) is 0 Å². The summed E-state index contributed by atoms with van der Waals surface area (Å²) < 4.78 is 11.1. The van der Waals surface area contributed by atoms with Gasteiger partial charge >= 0.3 is 7.60 Å². The summed E-state index contributed by atoms with van der Waals surface area (Å²) in [5.41, 5.74) is 0.760. The SMILES string of the molecule is C[N+](C)(CCCP(=O)(O)O)c1ccc(O)c(O)c1. The Hall–Kier alpha value is -1.07. The number of benzene rings is 1. The van der Waals surface area contributed by atoms with Crippen molar-refractivity contribution in [3.63, 3.8) is 0 Å². The Morgan fingerprint density at radius 2 is 1.78 bits per heavy atom. The number of nitrogens with zero attached hydrogens (tertiary/aromatic N) is 1. The lowest BCUT2D eigenvalue weighted by molar-refractivity contribution is 0.357. The molecule has 0 spiro atoms. The third kappa shape index (κ3) is 4.31. The van der Waals surface area contributed by atoms with Gasteiger partial charge in [-0.1, -0.05) is 0 Å². The van der Waals surface area contributed by atoms with Gasteiger partial charge in [0.25, 0.3) is 0 Å². The summed E-state index contributed by atoms with van der Waals surface area (Å²) in [6, 6.07) is 4.52. The van der Waals surface area contributed by atoms with E-state index in [1.807, 2.05) is 14.1 Å². The van der Waals surface area contributed by atoms with Crippen molar-refractivity contribution in [2.75, 3.05) is 26.8 Å². The van der Waals surface area contributed by atoms with Gasteiger partial charge in [-0.05, 0) is 6.07 Å². The van der Waals surface area contributed by atoms with Crippen LogP contribution in [-0.2, 0) is 4.57 Å². The van der Waals surface area contributed by atoms with E-state index in [0.717, 1.165) is 5.69 Å². The third-order valence-electron chi connectivity index (χ3n) is 2.82. The second kappa shape index (κ2) is 5.28. The molecule has 0 aliphatic carbocycles. The fraction of sp³-hybridized carbons (Fsp3) is 0.455. The molecule has 0 radical (unpaired) electrons. The quantitative estimate of drug-likeness (QED) is 0.368. The Bertz CT molecular complexity index is 469. The van der Waals surface area contributed by atoms with Crippen LogP contribution in [0.5, 0.6) is 11.5 Å². The van der Waals surface area contributed by atoms with E-state index in [0.29, 0.717) is 17.4 Å². The predicted molar refractivity (Wildman–Crippen MR) is 69.8 cm³/mol. The first kappa shape index (κ1) is 15.0. The van der Waals surface area contributed by atoms with Gasteiger partial charge in [0, 0.05) is 18.6 Å². The van der Waals surface area contributed by atoms with E-state index in [1.165, 1.54) is 12.1 Å². The van der Waals surface area contributed by atoms with Gasteiger partial charge in [-0.3, -0.25) is 9.05 Å². The third-order valence-corrected chi connectivity index (χ3v) is 3.72. The van der Waals surface area contributed by atoms with Gasteiger partial charge in [-0.25, -0.2) is 0 Å². The molecule has 0 aliphatic heterocycles. The number of phenols is 2. The number of aromatic hydroxyl groups is 2. The molecule has 18 heavy (non-hydrogen) atoms. The molecule has 0 aromatic heterocycles. The van der Waals surface area contributed by atoms with E-state index < -0.39 is 7.60 Å². The monoisotopic (exact) mass is 276 g/mol. The summed E-state index contributed by atoms with van der Waals surface area (Å²) in [7, 11) is -0.227. The average Bonchev–Trinajstić information content (AvgIpc) is 2.19. The van der Waals surface area contributed by atoms with Gasteiger partial charge in [-0.2, -0.15) is 0 Å². The van der Waals surface area contributed by atoms with E-state index in [4.69, 9.17) is 9.79 Å². The highest BCUT2D eigenvalue weighted by molar-refractivity contribution is 7.51. The smallest absolute Gasteiger partial charge is 0.325 e. The first-order chi connectivity index (χ1) is 8.12. The highest BCUT2D eigenvalue weighted by atomic mass is 31.2. The van der Waals surface area contributed by atoms with E-state index in [-0.39, 0.29) is 17.7 Å². The molecule has 0 amide bonds. The van der Waals surface area contributed by atoms with Crippen molar-refractivity contribution in [1.82, 2.24) is 4.48 Å². The Kier molecular flexibility index (Phi) is 4.40. The summed E-state index contributed by atoms with van der Waals surface area (Å²) in [4.78, 5) is 17.6. The van der Waals surface area contributed by atoms with Gasteiger partial charge in [0.05, 0.1) is 26.8 Å². The van der Waals surface area contributed by atoms with Gasteiger partial charge in [0.2, 0.25) is 0 Å². The summed E-state index contributed by atoms with van der Waals surface area (Å²) in [6.45, 7) is 0.523. The maximum Gasteiger partial charge on any atom is 0.325 e. The predicted octanol–water partition coefficient (Wildman–Crippen LogP) is 1.23. The molecule has 0 bridgehead atoms. The van der Waals surface area contributed by atoms with Crippen molar-refractivity contribution < 1.29 is 24.6 Å². The van der Waals surface area contributed by atoms with Crippen LogP contribution in [0.2, 0.25) is 0 Å². The van der Waals surface area contributed by atoms with E-state index in [2.05, 4.69) is 0 Å². The zero-order chi connectivity index (χ0) is 14.0.